The van der Waals surface area contributed by atoms with E-state index in [1.54, 1.807) is 0 Å². The number of hydrogen-bond acceptors (Lipinski definition) is 0. The first kappa shape index (κ1) is 52.5. The summed E-state index contributed by atoms with van der Waals surface area (Å²) in [7, 11) is 0. The quantitative estimate of drug-likeness (QED) is 0.0632. The summed E-state index contributed by atoms with van der Waals surface area (Å²) in [6, 6.07) is 11.3. The lowest BCUT2D eigenvalue weighted by atomic mass is 10.0. The first-order valence-electron chi connectivity index (χ1n) is 24.7. The largest absolute Gasteiger partial charge is 1.00 e. The molecule has 0 saturated heterocycles. The highest BCUT2D eigenvalue weighted by molar-refractivity contribution is 5.13. The van der Waals surface area contributed by atoms with Crippen molar-refractivity contribution in [1.29, 1.82) is 0 Å². The Morgan fingerprint density at radius 3 is 0.717 bits per heavy atom. The van der Waals surface area contributed by atoms with Gasteiger partial charge in [-0.15, -0.1) is 0 Å². The van der Waals surface area contributed by atoms with Gasteiger partial charge in [-0.3, -0.25) is 0 Å². The molecule has 0 heterocycles. The first-order chi connectivity index (χ1) is 25.9. The van der Waals surface area contributed by atoms with Crippen molar-refractivity contribution in [1.82, 2.24) is 0 Å². The zero-order valence-electron chi connectivity index (χ0n) is 36.7. The zero-order valence-corrected chi connectivity index (χ0v) is 37.4. The molecule has 0 atom stereocenters. The van der Waals surface area contributed by atoms with Crippen LogP contribution in [-0.4, -0.2) is 13.1 Å². The molecule has 314 valence electrons. The van der Waals surface area contributed by atoms with E-state index in [0.717, 1.165) is 0 Å². The van der Waals surface area contributed by atoms with Crippen molar-refractivity contribution in [3.8, 4) is 0 Å². The molecule has 1 aromatic rings. The number of nitrogens with one attached hydrogen (secondary N) is 1. The van der Waals surface area contributed by atoms with Gasteiger partial charge in [0.25, 0.3) is 0 Å². The minimum absolute atomic E-state index is 0. The number of benzene rings is 1. The van der Waals surface area contributed by atoms with Gasteiger partial charge in [-0.1, -0.05) is 275 Å². The highest BCUT2D eigenvalue weighted by Crippen LogP contribution is 2.16. The third kappa shape index (κ3) is 40.9. The average Bonchev–Trinajstić information content (AvgIpc) is 3.16. The Morgan fingerprint density at radius 1 is 0.283 bits per heavy atom. The van der Waals surface area contributed by atoms with Crippen LogP contribution in [0, 0.1) is 0 Å². The fraction of sp³-hybridized carbons (Fsp3) is 0.882. The molecule has 2 heteroatoms. The Bertz CT molecular complexity index is 721. The second kappa shape index (κ2) is 45.9. The lowest BCUT2D eigenvalue weighted by Gasteiger charge is -2.20. The van der Waals surface area contributed by atoms with Crippen LogP contribution in [0.25, 0.3) is 0 Å². The molecule has 53 heavy (non-hydrogen) atoms. The van der Waals surface area contributed by atoms with Crippen LogP contribution in [0.5, 0.6) is 0 Å². The topological polar surface area (TPSA) is 4.44 Å². The van der Waals surface area contributed by atoms with Crippen molar-refractivity contribution in [3.05, 3.63) is 35.9 Å². The van der Waals surface area contributed by atoms with Gasteiger partial charge in [0, 0.05) is 5.56 Å². The van der Waals surface area contributed by atoms with E-state index in [0.29, 0.717) is 0 Å². The molecule has 1 N–H and O–H groups in total. The van der Waals surface area contributed by atoms with Gasteiger partial charge in [0.05, 0.1) is 13.1 Å². The van der Waals surface area contributed by atoms with E-state index in [4.69, 9.17) is 0 Å². The number of halogens is 1. The Balaban J connectivity index is 0.0000270. The Hall–Kier alpha value is -0.530. The van der Waals surface area contributed by atoms with Gasteiger partial charge in [0.1, 0.15) is 6.54 Å². The van der Waals surface area contributed by atoms with Crippen LogP contribution in [0.2, 0.25) is 0 Å². The second-order valence-corrected chi connectivity index (χ2v) is 17.3. The third-order valence-corrected chi connectivity index (χ3v) is 12.1. The zero-order chi connectivity index (χ0) is 37.1. The molecular formula is C51H98ClN. The Morgan fingerprint density at radius 2 is 0.491 bits per heavy atom. The lowest BCUT2D eigenvalue weighted by Crippen LogP contribution is -3.10. The number of rotatable bonds is 44. The van der Waals surface area contributed by atoms with Crippen molar-refractivity contribution in [2.24, 2.45) is 0 Å². The van der Waals surface area contributed by atoms with E-state index in [2.05, 4.69) is 44.2 Å². The maximum absolute atomic E-state index is 2.34. The molecular weight excluding hydrogens is 662 g/mol. The van der Waals surface area contributed by atoms with Crippen LogP contribution in [0.15, 0.2) is 30.3 Å². The average molecular weight is 761 g/mol. The first-order valence-corrected chi connectivity index (χ1v) is 24.7. The molecule has 1 rings (SSSR count). The molecule has 0 aliphatic heterocycles. The van der Waals surface area contributed by atoms with Crippen molar-refractivity contribution < 1.29 is 17.3 Å². The predicted octanol–water partition coefficient (Wildman–Crippen LogP) is 13.7. The number of unbranched alkanes of at least 4 members (excludes halogenated alkanes) is 38. The maximum atomic E-state index is 2.34. The molecule has 1 nitrogen and oxygen atoms in total. The highest BCUT2D eigenvalue weighted by atomic mass is 35.5. The molecule has 0 fully saturated rings. The SMILES string of the molecule is CCCCCCCCCCCCCCCCCCCCCC[NH+](CCCCCCCCCCCCCCCCCCCCCC)Cc1ccccc1.[Cl-]. The van der Waals surface area contributed by atoms with Crippen molar-refractivity contribution in [3.63, 3.8) is 0 Å². The van der Waals surface area contributed by atoms with Gasteiger partial charge in [0.15, 0.2) is 0 Å². The second-order valence-electron chi connectivity index (χ2n) is 17.3. The lowest BCUT2D eigenvalue weighted by molar-refractivity contribution is -0.914. The number of quaternary nitrogens is 1. The summed E-state index contributed by atoms with van der Waals surface area (Å²) in [6.07, 6.45) is 58.6. The smallest absolute Gasteiger partial charge is 0.103 e. The van der Waals surface area contributed by atoms with Crippen LogP contribution in [0.1, 0.15) is 276 Å². The third-order valence-electron chi connectivity index (χ3n) is 12.1. The highest BCUT2D eigenvalue weighted by Gasteiger charge is 2.09. The molecule has 0 spiro atoms. The minimum Gasteiger partial charge on any atom is -1.00 e. The van der Waals surface area contributed by atoms with Gasteiger partial charge in [-0.25, -0.2) is 0 Å². The van der Waals surface area contributed by atoms with E-state index < -0.39 is 0 Å². The van der Waals surface area contributed by atoms with Gasteiger partial charge >= 0.3 is 0 Å². The van der Waals surface area contributed by atoms with Crippen LogP contribution in [0.4, 0.5) is 0 Å². The summed E-state index contributed by atoms with van der Waals surface area (Å²) >= 11 is 0. The minimum atomic E-state index is 0. The number of hydrogen-bond donors (Lipinski definition) is 1. The molecule has 0 aromatic heterocycles. The summed E-state index contributed by atoms with van der Waals surface area (Å²) in [5.74, 6) is 0. The van der Waals surface area contributed by atoms with Crippen LogP contribution in [-0.2, 0) is 6.54 Å². The predicted molar refractivity (Wildman–Crippen MR) is 237 cm³/mol. The normalized spacial score (nSPS) is 11.5. The van der Waals surface area contributed by atoms with E-state index in [9.17, 15) is 0 Å². The molecule has 0 amide bonds. The maximum Gasteiger partial charge on any atom is 0.103 e. The Kier molecular flexibility index (Phi) is 45.4. The van der Waals surface area contributed by atoms with Crippen molar-refractivity contribution in [2.75, 3.05) is 13.1 Å². The summed E-state index contributed by atoms with van der Waals surface area (Å²) < 4.78 is 0. The van der Waals surface area contributed by atoms with Crippen LogP contribution < -0.4 is 17.3 Å². The summed E-state index contributed by atoms with van der Waals surface area (Å²) in [5.41, 5.74) is 1.53. The van der Waals surface area contributed by atoms with Crippen LogP contribution in [0.3, 0.4) is 0 Å². The van der Waals surface area contributed by atoms with Gasteiger partial charge in [-0.05, 0) is 25.7 Å². The molecule has 1 aromatic carbocycles. The summed E-state index contributed by atoms with van der Waals surface area (Å²) in [6.45, 7) is 8.58. The van der Waals surface area contributed by atoms with Gasteiger partial charge in [0.2, 0.25) is 0 Å². The standard InChI is InChI=1S/C51H97N.ClH/c1-3-5-7-9-11-13-15-17-19-21-23-25-27-29-31-33-35-37-39-44-48-52(50-51-46-42-41-43-47-51)49-45-40-38-36-34-32-30-28-26-24-22-20-18-16-14-12-10-8-6-4-2;/h41-43,46-47H,3-40,44-45,48-50H2,1-2H3;1H. The van der Waals surface area contributed by atoms with Crippen LogP contribution >= 0.6 is 0 Å². The van der Waals surface area contributed by atoms with Crippen molar-refractivity contribution >= 4 is 0 Å². The molecule has 0 radical (unpaired) electrons. The van der Waals surface area contributed by atoms with Gasteiger partial charge in [-0.2, -0.15) is 0 Å². The fourth-order valence-corrected chi connectivity index (χ4v) is 8.45. The molecule has 0 saturated carbocycles. The molecule has 0 aliphatic rings. The van der Waals surface area contributed by atoms with E-state index in [-0.39, 0.29) is 12.4 Å². The van der Waals surface area contributed by atoms with E-state index in [1.165, 1.54) is 282 Å². The van der Waals surface area contributed by atoms with Gasteiger partial charge < -0.3 is 17.3 Å². The summed E-state index contributed by atoms with van der Waals surface area (Å²) in [4.78, 5) is 1.83. The molecule has 0 bridgehead atoms. The fourth-order valence-electron chi connectivity index (χ4n) is 8.45. The van der Waals surface area contributed by atoms with E-state index >= 15 is 0 Å². The molecule has 0 unspecified atom stereocenters. The molecule has 0 aliphatic carbocycles. The monoisotopic (exact) mass is 760 g/mol. The Labute approximate surface area is 342 Å². The van der Waals surface area contributed by atoms with E-state index in [1.807, 2.05) is 4.90 Å². The summed E-state index contributed by atoms with van der Waals surface area (Å²) in [5, 5.41) is 0. The van der Waals surface area contributed by atoms with Crippen molar-refractivity contribution in [2.45, 2.75) is 277 Å².